The molecule has 0 aliphatic carbocycles. The van der Waals surface area contributed by atoms with Gasteiger partial charge in [-0.15, -0.1) is 0 Å². The van der Waals surface area contributed by atoms with E-state index in [-0.39, 0.29) is 6.04 Å². The van der Waals surface area contributed by atoms with Crippen LogP contribution in [-0.2, 0) is 9.84 Å². The maximum atomic E-state index is 11.6. The minimum absolute atomic E-state index is 0.160. The van der Waals surface area contributed by atoms with Gasteiger partial charge in [0, 0.05) is 25.2 Å². The summed E-state index contributed by atoms with van der Waals surface area (Å²) in [6.45, 7) is 7.41. The third-order valence-corrected chi connectivity index (χ3v) is 6.05. The van der Waals surface area contributed by atoms with Crippen LogP contribution in [0.4, 0.5) is 0 Å². The maximum absolute atomic E-state index is 11.6. The molecule has 0 bridgehead atoms. The molecule has 5 heteroatoms. The van der Waals surface area contributed by atoms with Crippen molar-refractivity contribution in [2.45, 2.75) is 45.2 Å². The molecule has 106 valence electrons. The quantitative estimate of drug-likeness (QED) is 0.830. The van der Waals surface area contributed by atoms with Crippen LogP contribution in [0.1, 0.15) is 33.1 Å². The Bertz CT molecular complexity index is 369. The van der Waals surface area contributed by atoms with Crippen molar-refractivity contribution in [2.75, 3.05) is 31.1 Å². The van der Waals surface area contributed by atoms with Crippen LogP contribution in [0.5, 0.6) is 0 Å². The number of piperidine rings is 1. The van der Waals surface area contributed by atoms with E-state index in [1.807, 2.05) is 0 Å². The number of nitrogens with one attached hydrogen (secondary N) is 1. The van der Waals surface area contributed by atoms with Gasteiger partial charge in [0.15, 0.2) is 9.84 Å². The Morgan fingerprint density at radius 2 is 2.06 bits per heavy atom. The molecule has 0 amide bonds. The molecule has 0 spiro atoms. The van der Waals surface area contributed by atoms with Gasteiger partial charge in [0.1, 0.15) is 0 Å². The molecule has 2 aliphatic heterocycles. The molecule has 2 fully saturated rings. The van der Waals surface area contributed by atoms with Gasteiger partial charge in [0.05, 0.1) is 11.5 Å². The molecule has 2 heterocycles. The summed E-state index contributed by atoms with van der Waals surface area (Å²) in [6, 6.07) is 0.814. The van der Waals surface area contributed by atoms with Crippen molar-refractivity contribution in [3.63, 3.8) is 0 Å². The fourth-order valence-electron chi connectivity index (χ4n) is 3.07. The molecule has 0 saturated carbocycles. The Balaban J connectivity index is 1.80. The molecule has 0 aromatic carbocycles. The second-order valence-electron chi connectivity index (χ2n) is 6.08. The van der Waals surface area contributed by atoms with Gasteiger partial charge in [-0.05, 0) is 38.6 Å². The van der Waals surface area contributed by atoms with Crippen LogP contribution >= 0.6 is 0 Å². The van der Waals surface area contributed by atoms with Crippen molar-refractivity contribution in [2.24, 2.45) is 5.92 Å². The molecular weight excluding hydrogens is 248 g/mol. The molecule has 2 aliphatic rings. The fraction of sp³-hybridized carbons (Fsp3) is 1.00. The van der Waals surface area contributed by atoms with E-state index >= 15 is 0 Å². The summed E-state index contributed by atoms with van der Waals surface area (Å²) >= 11 is 0. The van der Waals surface area contributed by atoms with E-state index < -0.39 is 9.84 Å². The predicted octanol–water partition coefficient (Wildman–Crippen LogP) is 0.884. The SMILES string of the molecule is CC1CCC(C)N(CCC2CS(=O)(=O)CCN2)C1. The summed E-state index contributed by atoms with van der Waals surface area (Å²) in [5.74, 6) is 1.41. The molecule has 2 saturated heterocycles. The monoisotopic (exact) mass is 274 g/mol. The van der Waals surface area contributed by atoms with E-state index in [4.69, 9.17) is 0 Å². The normalized spacial score (nSPS) is 37.6. The number of hydrogen-bond donors (Lipinski definition) is 1. The molecule has 18 heavy (non-hydrogen) atoms. The minimum Gasteiger partial charge on any atom is -0.312 e. The van der Waals surface area contributed by atoms with E-state index in [9.17, 15) is 8.42 Å². The summed E-state index contributed by atoms with van der Waals surface area (Å²) in [6.07, 6.45) is 3.56. The summed E-state index contributed by atoms with van der Waals surface area (Å²) in [7, 11) is -2.79. The first-order valence-corrected chi connectivity index (χ1v) is 8.96. The first-order chi connectivity index (χ1) is 8.46. The molecule has 3 unspecified atom stereocenters. The van der Waals surface area contributed by atoms with Gasteiger partial charge in [-0.3, -0.25) is 0 Å². The number of nitrogens with zero attached hydrogens (tertiary/aromatic N) is 1. The molecule has 1 N–H and O–H groups in total. The smallest absolute Gasteiger partial charge is 0.153 e. The number of rotatable bonds is 3. The lowest BCUT2D eigenvalue weighted by Crippen LogP contribution is -2.48. The van der Waals surface area contributed by atoms with Gasteiger partial charge in [-0.25, -0.2) is 8.42 Å². The zero-order chi connectivity index (χ0) is 13.2. The predicted molar refractivity (Wildman–Crippen MR) is 74.5 cm³/mol. The fourth-order valence-corrected chi connectivity index (χ4v) is 4.56. The average molecular weight is 274 g/mol. The van der Waals surface area contributed by atoms with E-state index in [0.717, 1.165) is 18.9 Å². The lowest BCUT2D eigenvalue weighted by Gasteiger charge is -2.37. The minimum atomic E-state index is -2.79. The van der Waals surface area contributed by atoms with Crippen LogP contribution < -0.4 is 5.32 Å². The standard InChI is InChI=1S/C13H26N2O2S/c1-11-3-4-12(2)15(9-11)7-5-13-10-18(16,17)8-6-14-13/h11-14H,3-10H2,1-2H3. The van der Waals surface area contributed by atoms with Crippen molar-refractivity contribution in [1.29, 1.82) is 0 Å². The molecule has 3 atom stereocenters. The lowest BCUT2D eigenvalue weighted by molar-refractivity contribution is 0.120. The maximum Gasteiger partial charge on any atom is 0.153 e. The largest absolute Gasteiger partial charge is 0.312 e. The van der Waals surface area contributed by atoms with Gasteiger partial charge < -0.3 is 10.2 Å². The molecule has 0 aromatic heterocycles. The van der Waals surface area contributed by atoms with Crippen LogP contribution in [-0.4, -0.2) is 56.5 Å². The first kappa shape index (κ1) is 14.3. The summed E-state index contributed by atoms with van der Waals surface area (Å²) in [5.41, 5.74) is 0. The molecule has 0 aromatic rings. The second kappa shape index (κ2) is 5.88. The number of sulfone groups is 1. The highest BCUT2D eigenvalue weighted by Crippen LogP contribution is 2.21. The Labute approximate surface area is 111 Å². The van der Waals surface area contributed by atoms with E-state index in [1.165, 1.54) is 19.4 Å². The number of hydrogen-bond acceptors (Lipinski definition) is 4. The van der Waals surface area contributed by atoms with E-state index in [2.05, 4.69) is 24.1 Å². The average Bonchev–Trinajstić information content (AvgIpc) is 2.29. The first-order valence-electron chi connectivity index (χ1n) is 7.14. The van der Waals surface area contributed by atoms with Gasteiger partial charge in [0.2, 0.25) is 0 Å². The zero-order valence-electron chi connectivity index (χ0n) is 11.6. The van der Waals surface area contributed by atoms with E-state index in [0.29, 0.717) is 24.1 Å². The van der Waals surface area contributed by atoms with Crippen LogP contribution in [0.15, 0.2) is 0 Å². The summed E-state index contributed by atoms with van der Waals surface area (Å²) in [4.78, 5) is 2.52. The highest BCUT2D eigenvalue weighted by Gasteiger charge is 2.27. The van der Waals surface area contributed by atoms with Crippen molar-refractivity contribution in [3.8, 4) is 0 Å². The van der Waals surface area contributed by atoms with Crippen molar-refractivity contribution in [3.05, 3.63) is 0 Å². The Kier molecular flexibility index (Phi) is 4.67. The Morgan fingerprint density at radius 3 is 2.78 bits per heavy atom. The van der Waals surface area contributed by atoms with Crippen molar-refractivity contribution >= 4 is 9.84 Å². The zero-order valence-corrected chi connectivity index (χ0v) is 12.4. The molecule has 4 nitrogen and oxygen atoms in total. The molecule has 2 rings (SSSR count). The van der Waals surface area contributed by atoms with E-state index in [1.54, 1.807) is 0 Å². The number of likely N-dealkylation sites (tertiary alicyclic amines) is 1. The van der Waals surface area contributed by atoms with Crippen LogP contribution in [0.2, 0.25) is 0 Å². The Hall–Kier alpha value is -0.130. The van der Waals surface area contributed by atoms with Gasteiger partial charge in [0.25, 0.3) is 0 Å². The third kappa shape index (κ3) is 3.93. The second-order valence-corrected chi connectivity index (χ2v) is 8.31. The molecule has 0 radical (unpaired) electrons. The van der Waals surface area contributed by atoms with Gasteiger partial charge in [-0.2, -0.15) is 0 Å². The summed E-state index contributed by atoms with van der Waals surface area (Å²) < 4.78 is 23.1. The summed E-state index contributed by atoms with van der Waals surface area (Å²) in [5, 5.41) is 3.33. The molecular formula is C13H26N2O2S. The van der Waals surface area contributed by atoms with Crippen molar-refractivity contribution in [1.82, 2.24) is 10.2 Å². The topological polar surface area (TPSA) is 49.4 Å². The van der Waals surface area contributed by atoms with Crippen molar-refractivity contribution < 1.29 is 8.42 Å². The van der Waals surface area contributed by atoms with Crippen LogP contribution in [0.3, 0.4) is 0 Å². The van der Waals surface area contributed by atoms with Gasteiger partial charge in [-0.1, -0.05) is 6.92 Å². The highest BCUT2D eigenvalue weighted by molar-refractivity contribution is 7.91. The van der Waals surface area contributed by atoms with Crippen LogP contribution in [0, 0.1) is 5.92 Å². The highest BCUT2D eigenvalue weighted by atomic mass is 32.2. The third-order valence-electron chi connectivity index (χ3n) is 4.31. The van der Waals surface area contributed by atoms with Crippen LogP contribution in [0.25, 0.3) is 0 Å². The Morgan fingerprint density at radius 1 is 1.28 bits per heavy atom. The van der Waals surface area contributed by atoms with Gasteiger partial charge >= 0.3 is 0 Å². The lowest BCUT2D eigenvalue weighted by atomic mass is 9.95.